The summed E-state index contributed by atoms with van der Waals surface area (Å²) in [4.78, 5) is 0. The van der Waals surface area contributed by atoms with Gasteiger partial charge in [0.2, 0.25) is 0 Å². The van der Waals surface area contributed by atoms with Gasteiger partial charge >= 0.3 is 0 Å². The van der Waals surface area contributed by atoms with Crippen LogP contribution in [0, 0.1) is 0 Å². The standard InChI is InChI=1S/C16H20.C2H6/c1-6-10-14-11-8-9-12-15(14)16(4,5)13(3)7-2;1-2/h6-12H,2-3H2,1,4-5H3;1-2H3. The van der Waals surface area contributed by atoms with Gasteiger partial charge in [-0.25, -0.2) is 0 Å². The van der Waals surface area contributed by atoms with Gasteiger partial charge in [-0.15, -0.1) is 0 Å². The fourth-order valence-electron chi connectivity index (χ4n) is 1.82. The second-order valence-corrected chi connectivity index (χ2v) is 4.44. The molecule has 0 saturated heterocycles. The van der Waals surface area contributed by atoms with Crippen LogP contribution in [0.4, 0.5) is 0 Å². The third kappa shape index (κ3) is 3.73. The monoisotopic (exact) mass is 242 g/mol. The molecule has 0 heterocycles. The average molecular weight is 242 g/mol. The Morgan fingerprint density at radius 2 is 1.72 bits per heavy atom. The zero-order chi connectivity index (χ0) is 14.2. The smallest absolute Gasteiger partial charge is 0.0146 e. The summed E-state index contributed by atoms with van der Waals surface area (Å²) in [5.41, 5.74) is 3.51. The molecule has 0 saturated carbocycles. The van der Waals surface area contributed by atoms with E-state index >= 15 is 0 Å². The molecule has 0 aliphatic heterocycles. The second-order valence-electron chi connectivity index (χ2n) is 4.44. The molecule has 1 aromatic rings. The first-order chi connectivity index (χ1) is 8.54. The highest BCUT2D eigenvalue weighted by molar-refractivity contribution is 5.57. The van der Waals surface area contributed by atoms with Gasteiger partial charge in [0, 0.05) is 5.41 Å². The largest absolute Gasteiger partial charge is 0.0988 e. The molecule has 0 amide bonds. The summed E-state index contributed by atoms with van der Waals surface area (Å²) in [6, 6.07) is 8.42. The molecule has 0 spiro atoms. The summed E-state index contributed by atoms with van der Waals surface area (Å²) in [5, 5.41) is 0. The van der Waals surface area contributed by atoms with Crippen molar-refractivity contribution in [1.29, 1.82) is 0 Å². The number of rotatable bonds is 4. The number of hydrogen-bond acceptors (Lipinski definition) is 0. The van der Waals surface area contributed by atoms with Crippen LogP contribution in [0.5, 0.6) is 0 Å². The fraction of sp³-hybridized carbons (Fsp3) is 0.333. The summed E-state index contributed by atoms with van der Waals surface area (Å²) >= 11 is 0. The van der Waals surface area contributed by atoms with Crippen molar-refractivity contribution in [3.63, 3.8) is 0 Å². The molecule has 0 radical (unpaired) electrons. The van der Waals surface area contributed by atoms with Gasteiger partial charge in [-0.05, 0) is 23.6 Å². The zero-order valence-electron chi connectivity index (χ0n) is 12.5. The van der Waals surface area contributed by atoms with Gasteiger partial charge in [-0.2, -0.15) is 0 Å². The highest BCUT2D eigenvalue weighted by atomic mass is 14.3. The molecule has 0 N–H and O–H groups in total. The lowest BCUT2D eigenvalue weighted by molar-refractivity contribution is 0.640. The molecule has 0 atom stereocenters. The molecule has 0 heteroatoms. The van der Waals surface area contributed by atoms with E-state index in [9.17, 15) is 0 Å². The molecule has 0 aliphatic rings. The van der Waals surface area contributed by atoms with E-state index in [1.54, 1.807) is 0 Å². The summed E-state index contributed by atoms with van der Waals surface area (Å²) in [6.07, 6.45) is 6.03. The Bertz CT molecular complexity index is 419. The first-order valence-electron chi connectivity index (χ1n) is 6.58. The van der Waals surface area contributed by atoms with Crippen molar-refractivity contribution in [3.8, 4) is 0 Å². The molecule has 18 heavy (non-hydrogen) atoms. The van der Waals surface area contributed by atoms with Crippen LogP contribution >= 0.6 is 0 Å². The number of hydrogen-bond donors (Lipinski definition) is 0. The minimum Gasteiger partial charge on any atom is -0.0988 e. The molecule has 98 valence electrons. The van der Waals surface area contributed by atoms with Crippen molar-refractivity contribution in [1.82, 2.24) is 0 Å². The lowest BCUT2D eigenvalue weighted by Crippen LogP contribution is -2.19. The van der Waals surface area contributed by atoms with Gasteiger partial charge in [-0.1, -0.05) is 83.3 Å². The fourth-order valence-corrected chi connectivity index (χ4v) is 1.82. The predicted octanol–water partition coefficient (Wildman–Crippen LogP) is 5.77. The van der Waals surface area contributed by atoms with E-state index in [0.29, 0.717) is 0 Å². The highest BCUT2D eigenvalue weighted by Gasteiger charge is 2.24. The van der Waals surface area contributed by atoms with Crippen molar-refractivity contribution in [2.45, 2.75) is 40.0 Å². The predicted molar refractivity (Wildman–Crippen MR) is 84.9 cm³/mol. The van der Waals surface area contributed by atoms with Gasteiger partial charge in [0.1, 0.15) is 0 Å². The average Bonchev–Trinajstić information content (AvgIpc) is 2.41. The zero-order valence-corrected chi connectivity index (χ0v) is 12.5. The number of benzene rings is 1. The van der Waals surface area contributed by atoms with Crippen LogP contribution in [-0.2, 0) is 5.41 Å². The van der Waals surface area contributed by atoms with Crippen LogP contribution < -0.4 is 0 Å². The van der Waals surface area contributed by atoms with E-state index < -0.39 is 0 Å². The van der Waals surface area contributed by atoms with E-state index in [-0.39, 0.29) is 5.41 Å². The number of allylic oxidation sites excluding steroid dienone is 3. The third-order valence-electron chi connectivity index (χ3n) is 3.03. The first-order valence-corrected chi connectivity index (χ1v) is 6.58. The van der Waals surface area contributed by atoms with Crippen molar-refractivity contribution in [2.24, 2.45) is 0 Å². The Hall–Kier alpha value is -1.56. The van der Waals surface area contributed by atoms with Gasteiger partial charge in [0.05, 0.1) is 0 Å². The van der Waals surface area contributed by atoms with E-state index in [4.69, 9.17) is 0 Å². The Morgan fingerprint density at radius 1 is 1.17 bits per heavy atom. The maximum absolute atomic E-state index is 4.08. The molecule has 0 nitrogen and oxygen atoms in total. The Balaban J connectivity index is 0.00000137. The lowest BCUT2D eigenvalue weighted by Gasteiger charge is -2.28. The van der Waals surface area contributed by atoms with Gasteiger partial charge in [0.15, 0.2) is 0 Å². The molecule has 1 aromatic carbocycles. The van der Waals surface area contributed by atoms with E-state index in [0.717, 1.165) is 5.57 Å². The quantitative estimate of drug-likeness (QED) is 0.588. The van der Waals surface area contributed by atoms with Crippen LogP contribution in [0.25, 0.3) is 6.08 Å². The van der Waals surface area contributed by atoms with E-state index in [1.165, 1.54) is 11.1 Å². The van der Waals surface area contributed by atoms with Crippen LogP contribution in [0.2, 0.25) is 0 Å². The maximum Gasteiger partial charge on any atom is 0.0146 e. The molecule has 0 aromatic heterocycles. The van der Waals surface area contributed by atoms with Gasteiger partial charge < -0.3 is 0 Å². The van der Waals surface area contributed by atoms with Crippen LogP contribution in [-0.4, -0.2) is 0 Å². The minimum absolute atomic E-state index is 0.0716. The highest BCUT2D eigenvalue weighted by Crippen LogP contribution is 2.33. The van der Waals surface area contributed by atoms with Crippen molar-refractivity contribution in [2.75, 3.05) is 0 Å². The molecule has 1 rings (SSSR count). The third-order valence-corrected chi connectivity index (χ3v) is 3.03. The molecule has 0 bridgehead atoms. The molecule has 0 fully saturated rings. The second kappa shape index (κ2) is 7.71. The van der Waals surface area contributed by atoms with Crippen LogP contribution in [0.3, 0.4) is 0 Å². The van der Waals surface area contributed by atoms with Gasteiger partial charge in [-0.3, -0.25) is 0 Å². The first kappa shape index (κ1) is 16.4. The SMILES string of the molecule is C=CC(=C)C(C)(C)c1ccccc1C=CC.CC. The summed E-state index contributed by atoms with van der Waals surface area (Å²) in [7, 11) is 0. The summed E-state index contributed by atoms with van der Waals surface area (Å²) in [5.74, 6) is 0. The van der Waals surface area contributed by atoms with E-state index in [2.05, 4.69) is 63.4 Å². The minimum atomic E-state index is -0.0716. The molecule has 0 unspecified atom stereocenters. The van der Waals surface area contributed by atoms with Gasteiger partial charge in [0.25, 0.3) is 0 Å². The van der Waals surface area contributed by atoms with Crippen molar-refractivity contribution in [3.05, 3.63) is 66.3 Å². The molecular formula is C18H26. The van der Waals surface area contributed by atoms with Crippen molar-refractivity contribution < 1.29 is 0 Å². The lowest BCUT2D eigenvalue weighted by atomic mass is 9.76. The van der Waals surface area contributed by atoms with Crippen LogP contribution in [0.15, 0.2) is 55.1 Å². The topological polar surface area (TPSA) is 0 Å². The van der Waals surface area contributed by atoms with E-state index in [1.807, 2.05) is 26.8 Å². The molecular weight excluding hydrogens is 216 g/mol. The Kier molecular flexibility index (Phi) is 7.04. The van der Waals surface area contributed by atoms with Crippen molar-refractivity contribution >= 4 is 6.08 Å². The summed E-state index contributed by atoms with van der Waals surface area (Å²) in [6.45, 7) is 18.3. The maximum atomic E-state index is 4.08. The molecule has 0 aliphatic carbocycles. The normalized spacial score (nSPS) is 10.7. The summed E-state index contributed by atoms with van der Waals surface area (Å²) < 4.78 is 0. The van der Waals surface area contributed by atoms with Crippen LogP contribution in [0.1, 0.15) is 45.7 Å². The Morgan fingerprint density at radius 3 is 2.22 bits per heavy atom. The Labute approximate surface area is 113 Å².